The van der Waals surface area contributed by atoms with E-state index in [2.05, 4.69) is 9.97 Å². The van der Waals surface area contributed by atoms with Crippen molar-refractivity contribution in [2.45, 2.75) is 6.54 Å². The Labute approximate surface area is 98.3 Å². The van der Waals surface area contributed by atoms with Crippen LogP contribution in [0, 0.1) is 5.82 Å². The molecule has 2 rings (SSSR count). The van der Waals surface area contributed by atoms with E-state index in [9.17, 15) is 4.39 Å². The number of rotatable bonds is 3. The first kappa shape index (κ1) is 11.5. The van der Waals surface area contributed by atoms with Crippen LogP contribution in [-0.2, 0) is 6.54 Å². The topological polar surface area (TPSA) is 61.0 Å². The second-order valence-corrected chi connectivity index (χ2v) is 3.47. The number of hydrogen-bond donors (Lipinski definition) is 1. The first-order chi connectivity index (χ1) is 8.24. The van der Waals surface area contributed by atoms with E-state index in [1.54, 1.807) is 24.5 Å². The summed E-state index contributed by atoms with van der Waals surface area (Å²) in [6, 6.07) is 4.50. The van der Waals surface area contributed by atoms with Gasteiger partial charge in [-0.05, 0) is 18.2 Å². The molecule has 0 saturated carbocycles. The van der Waals surface area contributed by atoms with Crippen molar-refractivity contribution >= 4 is 0 Å². The lowest BCUT2D eigenvalue weighted by Crippen LogP contribution is -1.99. The molecule has 1 heterocycles. The Kier molecular flexibility index (Phi) is 3.30. The largest absolute Gasteiger partial charge is 0.494 e. The third-order valence-corrected chi connectivity index (χ3v) is 2.35. The maximum absolute atomic E-state index is 13.2. The minimum absolute atomic E-state index is 0.175. The fraction of sp³-hybridized carbons (Fsp3) is 0.167. The van der Waals surface area contributed by atoms with Gasteiger partial charge in [-0.25, -0.2) is 14.4 Å². The van der Waals surface area contributed by atoms with Gasteiger partial charge in [0.15, 0.2) is 17.4 Å². The monoisotopic (exact) mass is 233 g/mol. The van der Waals surface area contributed by atoms with Crippen LogP contribution < -0.4 is 10.5 Å². The Morgan fingerprint density at radius 2 is 2.00 bits per heavy atom. The molecule has 1 aromatic carbocycles. The molecule has 0 saturated heterocycles. The molecule has 1 aromatic heterocycles. The summed E-state index contributed by atoms with van der Waals surface area (Å²) in [5, 5.41) is 0. The highest BCUT2D eigenvalue weighted by molar-refractivity contribution is 5.57. The van der Waals surface area contributed by atoms with Crippen molar-refractivity contribution in [1.29, 1.82) is 0 Å². The lowest BCUT2D eigenvalue weighted by Gasteiger charge is -2.05. The van der Waals surface area contributed by atoms with Gasteiger partial charge < -0.3 is 10.5 Å². The van der Waals surface area contributed by atoms with Crippen molar-refractivity contribution in [1.82, 2.24) is 9.97 Å². The summed E-state index contributed by atoms with van der Waals surface area (Å²) in [5.41, 5.74) is 7.01. The zero-order chi connectivity index (χ0) is 12.3. The number of nitrogens with zero attached hydrogens (tertiary/aromatic N) is 2. The van der Waals surface area contributed by atoms with E-state index in [-0.39, 0.29) is 5.75 Å². The highest BCUT2D eigenvalue weighted by Crippen LogP contribution is 2.23. The first-order valence-electron chi connectivity index (χ1n) is 5.09. The molecule has 17 heavy (non-hydrogen) atoms. The van der Waals surface area contributed by atoms with Crippen LogP contribution in [-0.4, -0.2) is 17.1 Å². The predicted molar refractivity (Wildman–Crippen MR) is 61.9 cm³/mol. The van der Waals surface area contributed by atoms with Gasteiger partial charge in [0.05, 0.1) is 7.11 Å². The van der Waals surface area contributed by atoms with E-state index >= 15 is 0 Å². The minimum atomic E-state index is -0.408. The highest BCUT2D eigenvalue weighted by Gasteiger charge is 2.07. The van der Waals surface area contributed by atoms with Crippen molar-refractivity contribution in [2.75, 3.05) is 7.11 Å². The van der Waals surface area contributed by atoms with Crippen molar-refractivity contribution in [3.8, 4) is 17.1 Å². The van der Waals surface area contributed by atoms with E-state index in [1.165, 1.54) is 13.2 Å². The van der Waals surface area contributed by atoms with E-state index in [0.29, 0.717) is 17.9 Å². The van der Waals surface area contributed by atoms with E-state index in [4.69, 9.17) is 10.5 Å². The molecule has 5 heteroatoms. The molecule has 0 atom stereocenters. The zero-order valence-corrected chi connectivity index (χ0v) is 9.35. The van der Waals surface area contributed by atoms with Crippen LogP contribution in [0.25, 0.3) is 11.4 Å². The van der Waals surface area contributed by atoms with Crippen LogP contribution in [0.2, 0.25) is 0 Å². The van der Waals surface area contributed by atoms with Crippen LogP contribution in [0.5, 0.6) is 5.75 Å². The third kappa shape index (κ3) is 2.39. The SMILES string of the molecule is COc1cc(-c2ncc(CN)cn2)ccc1F. The van der Waals surface area contributed by atoms with Gasteiger partial charge in [-0.15, -0.1) is 0 Å². The molecule has 88 valence electrons. The molecule has 0 fully saturated rings. The van der Waals surface area contributed by atoms with E-state index in [0.717, 1.165) is 5.56 Å². The normalized spacial score (nSPS) is 10.3. The summed E-state index contributed by atoms with van der Waals surface area (Å²) in [6.45, 7) is 0.396. The predicted octanol–water partition coefficient (Wildman–Crippen LogP) is 1.75. The number of ether oxygens (including phenoxy) is 1. The maximum atomic E-state index is 13.2. The van der Waals surface area contributed by atoms with E-state index < -0.39 is 5.82 Å². The summed E-state index contributed by atoms with van der Waals surface area (Å²) >= 11 is 0. The van der Waals surface area contributed by atoms with Crippen LogP contribution >= 0.6 is 0 Å². The maximum Gasteiger partial charge on any atom is 0.165 e. The Morgan fingerprint density at radius 1 is 1.29 bits per heavy atom. The molecule has 2 N–H and O–H groups in total. The lowest BCUT2D eigenvalue weighted by molar-refractivity contribution is 0.387. The molecular weight excluding hydrogens is 221 g/mol. The standard InChI is InChI=1S/C12H12FN3O/c1-17-11-4-9(2-3-10(11)13)12-15-6-8(5-14)7-16-12/h2-4,6-7H,5,14H2,1H3. The van der Waals surface area contributed by atoms with Crippen LogP contribution in [0.15, 0.2) is 30.6 Å². The molecular formula is C12H12FN3O. The Balaban J connectivity index is 2.38. The number of nitrogens with two attached hydrogens (primary N) is 1. The number of halogens is 1. The summed E-state index contributed by atoms with van der Waals surface area (Å²) < 4.78 is 18.1. The molecule has 0 amide bonds. The van der Waals surface area contributed by atoms with Crippen molar-refractivity contribution in [2.24, 2.45) is 5.73 Å². The van der Waals surface area contributed by atoms with Gasteiger partial charge in [0.1, 0.15) is 0 Å². The Morgan fingerprint density at radius 3 is 2.59 bits per heavy atom. The number of benzene rings is 1. The highest BCUT2D eigenvalue weighted by atomic mass is 19.1. The quantitative estimate of drug-likeness (QED) is 0.877. The van der Waals surface area contributed by atoms with Crippen molar-refractivity contribution in [3.63, 3.8) is 0 Å². The molecule has 0 aliphatic carbocycles. The Hall–Kier alpha value is -2.01. The molecule has 0 aliphatic rings. The summed E-state index contributed by atoms with van der Waals surface area (Å²) in [6.07, 6.45) is 3.30. The van der Waals surface area contributed by atoms with Gasteiger partial charge in [-0.2, -0.15) is 0 Å². The van der Waals surface area contributed by atoms with E-state index in [1.807, 2.05) is 0 Å². The average Bonchev–Trinajstić information content (AvgIpc) is 2.39. The molecule has 2 aromatic rings. The van der Waals surface area contributed by atoms with Gasteiger partial charge in [0, 0.05) is 30.1 Å². The fourth-order valence-electron chi connectivity index (χ4n) is 1.41. The second kappa shape index (κ2) is 4.88. The Bertz CT molecular complexity index is 514. The number of aromatic nitrogens is 2. The van der Waals surface area contributed by atoms with Gasteiger partial charge in [-0.1, -0.05) is 0 Å². The van der Waals surface area contributed by atoms with Gasteiger partial charge in [-0.3, -0.25) is 0 Å². The van der Waals surface area contributed by atoms with Crippen LogP contribution in [0.4, 0.5) is 4.39 Å². The molecule has 4 nitrogen and oxygen atoms in total. The number of methoxy groups -OCH3 is 1. The lowest BCUT2D eigenvalue weighted by atomic mass is 10.2. The summed E-state index contributed by atoms with van der Waals surface area (Å²) in [5.74, 6) is 0.282. The van der Waals surface area contributed by atoms with Crippen molar-refractivity contribution in [3.05, 3.63) is 42.0 Å². The van der Waals surface area contributed by atoms with Crippen LogP contribution in [0.3, 0.4) is 0 Å². The van der Waals surface area contributed by atoms with Gasteiger partial charge in [0.2, 0.25) is 0 Å². The molecule has 0 radical (unpaired) electrons. The smallest absolute Gasteiger partial charge is 0.165 e. The number of hydrogen-bond acceptors (Lipinski definition) is 4. The second-order valence-electron chi connectivity index (χ2n) is 3.47. The zero-order valence-electron chi connectivity index (χ0n) is 9.35. The molecule has 0 bridgehead atoms. The molecule has 0 aliphatic heterocycles. The molecule has 0 unspecified atom stereocenters. The first-order valence-corrected chi connectivity index (χ1v) is 5.09. The molecule has 0 spiro atoms. The summed E-state index contributed by atoms with van der Waals surface area (Å²) in [7, 11) is 1.42. The fourth-order valence-corrected chi connectivity index (χ4v) is 1.41. The van der Waals surface area contributed by atoms with Gasteiger partial charge >= 0.3 is 0 Å². The van der Waals surface area contributed by atoms with Crippen molar-refractivity contribution < 1.29 is 9.13 Å². The summed E-state index contributed by atoms with van der Waals surface area (Å²) in [4.78, 5) is 8.31. The van der Waals surface area contributed by atoms with Crippen LogP contribution in [0.1, 0.15) is 5.56 Å². The third-order valence-electron chi connectivity index (χ3n) is 2.35. The van der Waals surface area contributed by atoms with Gasteiger partial charge in [0.25, 0.3) is 0 Å². The minimum Gasteiger partial charge on any atom is -0.494 e. The average molecular weight is 233 g/mol.